The smallest absolute Gasteiger partial charge is 0.126 e. The maximum atomic E-state index is 11.0. The average Bonchev–Trinajstić information content (AvgIpc) is 2.48. The zero-order valence-electron chi connectivity index (χ0n) is 14.0. The molecule has 0 aromatic heterocycles. The van der Waals surface area contributed by atoms with Gasteiger partial charge in [0.2, 0.25) is 0 Å². The minimum absolute atomic E-state index is 0.0281. The van der Waals surface area contributed by atoms with E-state index in [9.17, 15) is 5.11 Å². The molecule has 0 spiro atoms. The highest BCUT2D eigenvalue weighted by molar-refractivity contribution is 5.44. The first-order valence-corrected chi connectivity index (χ1v) is 8.21. The lowest BCUT2D eigenvalue weighted by Crippen LogP contribution is -2.59. The van der Waals surface area contributed by atoms with Gasteiger partial charge in [0.25, 0.3) is 0 Å². The van der Waals surface area contributed by atoms with Crippen LogP contribution in [0.5, 0.6) is 11.5 Å². The molecule has 0 aliphatic carbocycles. The molecule has 3 rings (SSSR count). The quantitative estimate of drug-likeness (QED) is 0.912. The Bertz CT molecular complexity index is 535. The van der Waals surface area contributed by atoms with Gasteiger partial charge in [-0.1, -0.05) is 6.92 Å². The van der Waals surface area contributed by atoms with Crippen molar-refractivity contribution in [1.82, 2.24) is 4.90 Å². The molecule has 1 fully saturated rings. The molecule has 2 aliphatic heterocycles. The molecule has 1 aromatic carbocycles. The van der Waals surface area contributed by atoms with Gasteiger partial charge >= 0.3 is 0 Å². The van der Waals surface area contributed by atoms with Crippen molar-refractivity contribution in [3.8, 4) is 11.5 Å². The summed E-state index contributed by atoms with van der Waals surface area (Å²) < 4.78 is 11.5. The lowest BCUT2D eigenvalue weighted by Gasteiger charge is -2.49. The van der Waals surface area contributed by atoms with Gasteiger partial charge in [-0.15, -0.1) is 0 Å². The Labute approximate surface area is 133 Å². The summed E-state index contributed by atoms with van der Waals surface area (Å²) in [7, 11) is 1.64. The largest absolute Gasteiger partial charge is 0.497 e. The number of nitrogens with zero attached hydrogens (tertiary/aromatic N) is 1. The second-order valence-corrected chi connectivity index (χ2v) is 7.22. The number of benzene rings is 1. The van der Waals surface area contributed by atoms with Crippen molar-refractivity contribution in [3.63, 3.8) is 0 Å². The van der Waals surface area contributed by atoms with Crippen molar-refractivity contribution >= 4 is 0 Å². The van der Waals surface area contributed by atoms with Gasteiger partial charge in [0.15, 0.2) is 0 Å². The fourth-order valence-corrected chi connectivity index (χ4v) is 3.82. The summed E-state index contributed by atoms with van der Waals surface area (Å²) in [6.07, 6.45) is 1.82. The molecule has 122 valence electrons. The highest BCUT2D eigenvalue weighted by Gasteiger charge is 2.46. The van der Waals surface area contributed by atoms with Gasteiger partial charge in [-0.3, -0.25) is 4.90 Å². The molecule has 0 amide bonds. The van der Waals surface area contributed by atoms with Gasteiger partial charge in [0.05, 0.1) is 13.2 Å². The Morgan fingerprint density at radius 3 is 2.59 bits per heavy atom. The lowest BCUT2D eigenvalue weighted by molar-refractivity contribution is -0.0902. The zero-order valence-corrected chi connectivity index (χ0v) is 14.0. The molecule has 4 heteroatoms. The second-order valence-electron chi connectivity index (χ2n) is 7.22. The number of methoxy groups -OCH3 is 1. The number of aliphatic hydroxyl groups excluding tert-OH is 1. The molecule has 22 heavy (non-hydrogen) atoms. The molecular weight excluding hydrogens is 278 g/mol. The number of rotatable bonds is 2. The first-order valence-electron chi connectivity index (χ1n) is 8.21. The third-order valence-electron chi connectivity index (χ3n) is 5.13. The Hall–Kier alpha value is -1.26. The summed E-state index contributed by atoms with van der Waals surface area (Å²) in [5.41, 5.74) is 0.420. The highest BCUT2D eigenvalue weighted by atomic mass is 16.5. The van der Waals surface area contributed by atoms with Crippen LogP contribution in [-0.2, 0) is 0 Å². The predicted molar refractivity (Wildman–Crippen MR) is 86.4 cm³/mol. The molecule has 2 aliphatic rings. The van der Waals surface area contributed by atoms with Crippen LogP contribution in [0, 0.1) is 5.92 Å². The van der Waals surface area contributed by atoms with Crippen LogP contribution in [0.2, 0.25) is 0 Å². The molecule has 0 radical (unpaired) electrons. The first kappa shape index (κ1) is 15.6. The topological polar surface area (TPSA) is 41.9 Å². The first-order chi connectivity index (χ1) is 10.4. The van der Waals surface area contributed by atoms with E-state index in [0.717, 1.165) is 36.1 Å². The molecule has 1 aromatic rings. The monoisotopic (exact) mass is 305 g/mol. The fraction of sp³-hybridized carbons (Fsp3) is 0.667. The van der Waals surface area contributed by atoms with Crippen molar-refractivity contribution in [2.45, 2.75) is 51.4 Å². The van der Waals surface area contributed by atoms with E-state index in [-0.39, 0.29) is 6.04 Å². The van der Waals surface area contributed by atoms with Crippen LogP contribution < -0.4 is 9.47 Å². The SMILES string of the molecule is COc1ccc2c(c1)C(O)C(N1CCC(C)CC1)C(C)(C)O2. The van der Waals surface area contributed by atoms with E-state index >= 15 is 0 Å². The molecule has 1 saturated heterocycles. The number of hydrogen-bond donors (Lipinski definition) is 1. The summed E-state index contributed by atoms with van der Waals surface area (Å²) in [6.45, 7) is 8.50. The van der Waals surface area contributed by atoms with Gasteiger partial charge < -0.3 is 14.6 Å². The average molecular weight is 305 g/mol. The Morgan fingerprint density at radius 2 is 1.95 bits per heavy atom. The summed E-state index contributed by atoms with van der Waals surface area (Å²) in [5.74, 6) is 2.29. The third kappa shape index (κ3) is 2.70. The minimum atomic E-state index is -0.553. The molecular formula is C18H27NO3. The number of aliphatic hydroxyl groups is 1. The van der Waals surface area contributed by atoms with Crippen LogP contribution >= 0.6 is 0 Å². The van der Waals surface area contributed by atoms with Crippen LogP contribution in [0.15, 0.2) is 18.2 Å². The molecule has 1 N–H and O–H groups in total. The van der Waals surface area contributed by atoms with Crippen LogP contribution in [0.25, 0.3) is 0 Å². The second kappa shape index (κ2) is 5.74. The van der Waals surface area contributed by atoms with Crippen LogP contribution in [-0.4, -0.2) is 41.8 Å². The van der Waals surface area contributed by atoms with Crippen molar-refractivity contribution in [2.24, 2.45) is 5.92 Å². The normalized spacial score (nSPS) is 28.8. The number of ether oxygens (including phenoxy) is 2. The predicted octanol–water partition coefficient (Wildman–Crippen LogP) is 3.00. The fourth-order valence-electron chi connectivity index (χ4n) is 3.82. The van der Waals surface area contributed by atoms with Gasteiger partial charge in [-0.2, -0.15) is 0 Å². The van der Waals surface area contributed by atoms with Crippen molar-refractivity contribution in [1.29, 1.82) is 0 Å². The van der Waals surface area contributed by atoms with Crippen LogP contribution in [0.3, 0.4) is 0 Å². The van der Waals surface area contributed by atoms with Gasteiger partial charge in [-0.25, -0.2) is 0 Å². The summed E-state index contributed by atoms with van der Waals surface area (Å²) in [5, 5.41) is 11.0. The van der Waals surface area contributed by atoms with E-state index in [1.807, 2.05) is 18.2 Å². The summed E-state index contributed by atoms with van der Waals surface area (Å²) in [4.78, 5) is 2.40. The highest BCUT2D eigenvalue weighted by Crippen LogP contribution is 2.44. The molecule has 2 heterocycles. The third-order valence-corrected chi connectivity index (χ3v) is 5.13. The molecule has 2 unspecified atom stereocenters. The number of likely N-dealkylation sites (tertiary alicyclic amines) is 1. The Kier molecular flexibility index (Phi) is 4.08. The van der Waals surface area contributed by atoms with Gasteiger partial charge in [0, 0.05) is 5.56 Å². The van der Waals surface area contributed by atoms with Crippen molar-refractivity contribution in [3.05, 3.63) is 23.8 Å². The maximum absolute atomic E-state index is 11.0. The minimum Gasteiger partial charge on any atom is -0.497 e. The van der Waals surface area contributed by atoms with E-state index in [4.69, 9.17) is 9.47 Å². The van der Waals surface area contributed by atoms with E-state index < -0.39 is 11.7 Å². The standard InChI is InChI=1S/C18H27NO3/c1-12-7-9-19(10-8-12)17-16(20)14-11-13(21-4)5-6-15(14)22-18(17,2)3/h5-6,11-12,16-17,20H,7-10H2,1-4H3. The van der Waals surface area contributed by atoms with E-state index in [0.29, 0.717) is 0 Å². The zero-order chi connectivity index (χ0) is 15.9. The van der Waals surface area contributed by atoms with E-state index in [1.165, 1.54) is 12.8 Å². The molecule has 0 saturated carbocycles. The van der Waals surface area contributed by atoms with Gasteiger partial charge in [-0.05, 0) is 63.9 Å². The van der Waals surface area contributed by atoms with Crippen LogP contribution in [0.1, 0.15) is 45.3 Å². The maximum Gasteiger partial charge on any atom is 0.126 e. The molecule has 4 nitrogen and oxygen atoms in total. The van der Waals surface area contributed by atoms with Crippen LogP contribution in [0.4, 0.5) is 0 Å². The van der Waals surface area contributed by atoms with Crippen molar-refractivity contribution in [2.75, 3.05) is 20.2 Å². The number of fused-ring (bicyclic) bond motifs is 1. The molecule has 2 atom stereocenters. The lowest BCUT2D eigenvalue weighted by atomic mass is 9.83. The summed E-state index contributed by atoms with van der Waals surface area (Å²) in [6, 6.07) is 5.65. The van der Waals surface area contributed by atoms with E-state index in [1.54, 1.807) is 7.11 Å². The number of piperidine rings is 1. The number of hydrogen-bond acceptors (Lipinski definition) is 4. The Morgan fingerprint density at radius 1 is 1.27 bits per heavy atom. The van der Waals surface area contributed by atoms with Gasteiger partial charge in [0.1, 0.15) is 23.2 Å². The Balaban J connectivity index is 1.92. The summed E-state index contributed by atoms with van der Waals surface area (Å²) >= 11 is 0. The van der Waals surface area contributed by atoms with Crippen molar-refractivity contribution < 1.29 is 14.6 Å². The van der Waals surface area contributed by atoms with E-state index in [2.05, 4.69) is 25.7 Å². The molecule has 0 bridgehead atoms.